The molecule has 5 rings (SSSR count). The Hall–Kier alpha value is -3.77. The van der Waals surface area contributed by atoms with Gasteiger partial charge in [0.25, 0.3) is 0 Å². The van der Waals surface area contributed by atoms with Crippen LogP contribution in [0.1, 0.15) is 50.3 Å². The van der Waals surface area contributed by atoms with E-state index in [0.717, 1.165) is 29.3 Å². The first-order chi connectivity index (χ1) is 18.2. The van der Waals surface area contributed by atoms with E-state index in [-0.39, 0.29) is 13.1 Å². The molecule has 2 saturated heterocycles. The second-order valence-corrected chi connectivity index (χ2v) is 11.4. The number of carbonyl (C=O) groups is 3. The van der Waals surface area contributed by atoms with Gasteiger partial charge in [0, 0.05) is 13.1 Å². The van der Waals surface area contributed by atoms with E-state index in [9.17, 15) is 14.4 Å². The van der Waals surface area contributed by atoms with Gasteiger partial charge in [-0.25, -0.2) is 4.79 Å². The molecule has 0 aliphatic carbocycles. The van der Waals surface area contributed by atoms with Crippen molar-refractivity contribution in [1.29, 1.82) is 0 Å². The van der Waals surface area contributed by atoms with Crippen LogP contribution >= 0.6 is 0 Å². The quantitative estimate of drug-likeness (QED) is 0.337. The fourth-order valence-corrected chi connectivity index (χ4v) is 6.41. The number of aldehydes is 2. The SMILES string of the molecule is CC(C)(C)OC(=O)N1C2(C=O)CCC1(C=O)CN(C(c1ccccc1)(c1ccccc1)c1ccccc1)C2. The molecule has 0 N–H and O–H groups in total. The molecule has 0 spiro atoms. The smallest absolute Gasteiger partial charge is 0.412 e. The minimum absolute atomic E-state index is 0.254. The van der Waals surface area contributed by atoms with Gasteiger partial charge in [-0.2, -0.15) is 0 Å². The summed E-state index contributed by atoms with van der Waals surface area (Å²) in [5, 5.41) is 0. The summed E-state index contributed by atoms with van der Waals surface area (Å²) in [5.74, 6) is 0. The van der Waals surface area contributed by atoms with E-state index in [0.29, 0.717) is 12.8 Å². The summed E-state index contributed by atoms with van der Waals surface area (Å²) in [6.45, 7) is 5.87. The number of fused-ring (bicyclic) bond motifs is 2. The lowest BCUT2D eigenvalue weighted by molar-refractivity contribution is -0.137. The minimum atomic E-state index is -1.20. The zero-order chi connectivity index (χ0) is 27.0. The van der Waals surface area contributed by atoms with Crippen LogP contribution in [-0.2, 0) is 19.9 Å². The number of carbonyl (C=O) groups excluding carboxylic acids is 3. The molecule has 6 nitrogen and oxygen atoms in total. The number of likely N-dealkylation sites (tertiary alicyclic amines) is 1. The molecule has 1 amide bonds. The molecule has 2 fully saturated rings. The van der Waals surface area contributed by atoms with Crippen molar-refractivity contribution in [2.75, 3.05) is 13.1 Å². The van der Waals surface area contributed by atoms with Gasteiger partial charge in [0.15, 0.2) is 0 Å². The van der Waals surface area contributed by atoms with Crippen molar-refractivity contribution in [3.63, 3.8) is 0 Å². The maximum atomic E-state index is 13.5. The van der Waals surface area contributed by atoms with Crippen LogP contribution < -0.4 is 0 Å². The Morgan fingerprint density at radius 3 is 1.39 bits per heavy atom. The van der Waals surface area contributed by atoms with Gasteiger partial charge < -0.3 is 14.3 Å². The average molecular weight is 511 g/mol. The lowest BCUT2D eigenvalue weighted by Gasteiger charge is -2.56. The Morgan fingerprint density at radius 2 is 1.08 bits per heavy atom. The van der Waals surface area contributed by atoms with Crippen LogP contribution in [0.4, 0.5) is 4.79 Å². The molecular weight excluding hydrogens is 476 g/mol. The lowest BCUT2D eigenvalue weighted by atomic mass is 9.73. The molecule has 0 saturated carbocycles. The van der Waals surface area contributed by atoms with Gasteiger partial charge in [-0.3, -0.25) is 9.80 Å². The first-order valence-corrected chi connectivity index (χ1v) is 13.1. The highest BCUT2D eigenvalue weighted by Gasteiger charge is 2.65. The number of piperazine rings is 1. The monoisotopic (exact) mass is 510 g/mol. The molecule has 2 bridgehead atoms. The van der Waals surface area contributed by atoms with Crippen molar-refractivity contribution in [3.8, 4) is 0 Å². The molecule has 196 valence electrons. The predicted octanol–water partition coefficient (Wildman–Crippen LogP) is 5.20. The standard InChI is InChI=1S/C32H34N2O4/c1-29(2,3)38-28(37)34-30(23-35)19-20-31(34,24-36)22-33(21-30)32(25-13-7-4-8-14-25,26-15-9-5-10-16-26)27-17-11-6-12-18-27/h4-18,23-24H,19-22H2,1-3H3. The third kappa shape index (κ3) is 4.04. The summed E-state index contributed by atoms with van der Waals surface area (Å²) in [4.78, 5) is 43.1. The van der Waals surface area contributed by atoms with Gasteiger partial charge >= 0.3 is 6.09 Å². The highest BCUT2D eigenvalue weighted by atomic mass is 16.6. The number of rotatable bonds is 6. The molecule has 2 atom stereocenters. The van der Waals surface area contributed by atoms with Crippen LogP contribution in [-0.4, -0.2) is 58.2 Å². The normalized spacial score (nSPS) is 23.6. The molecule has 2 aliphatic heterocycles. The second-order valence-electron chi connectivity index (χ2n) is 11.4. The molecule has 38 heavy (non-hydrogen) atoms. The molecule has 3 aromatic carbocycles. The first-order valence-electron chi connectivity index (χ1n) is 13.1. The Bertz CT molecular complexity index is 1180. The Morgan fingerprint density at radius 1 is 0.711 bits per heavy atom. The van der Waals surface area contributed by atoms with Gasteiger partial charge in [0.2, 0.25) is 0 Å². The molecule has 6 heteroatoms. The molecular formula is C32H34N2O4. The van der Waals surface area contributed by atoms with E-state index in [4.69, 9.17) is 4.74 Å². The Balaban J connectivity index is 1.75. The average Bonchev–Trinajstić information content (AvgIpc) is 3.14. The third-order valence-corrected chi connectivity index (χ3v) is 7.87. The van der Waals surface area contributed by atoms with E-state index in [1.165, 1.54) is 4.90 Å². The zero-order valence-corrected chi connectivity index (χ0v) is 22.2. The topological polar surface area (TPSA) is 66.9 Å². The summed E-state index contributed by atoms with van der Waals surface area (Å²) in [6, 6.07) is 30.5. The Labute approximate surface area is 224 Å². The van der Waals surface area contributed by atoms with Crippen LogP contribution in [0.2, 0.25) is 0 Å². The minimum Gasteiger partial charge on any atom is -0.444 e. The van der Waals surface area contributed by atoms with Crippen LogP contribution in [0.15, 0.2) is 91.0 Å². The second kappa shape index (κ2) is 9.52. The van der Waals surface area contributed by atoms with Crippen LogP contribution in [0.25, 0.3) is 0 Å². The lowest BCUT2D eigenvalue weighted by Crippen LogP contribution is -2.73. The van der Waals surface area contributed by atoms with Gasteiger partial charge in [0.1, 0.15) is 29.3 Å². The van der Waals surface area contributed by atoms with Crippen molar-refractivity contribution in [3.05, 3.63) is 108 Å². The van der Waals surface area contributed by atoms with Crippen molar-refractivity contribution in [1.82, 2.24) is 9.80 Å². The molecule has 2 heterocycles. The Kier molecular flexibility index (Phi) is 6.48. The number of ether oxygens (including phenoxy) is 1. The number of nitrogens with zero attached hydrogens (tertiary/aromatic N) is 2. The summed E-state index contributed by atoms with van der Waals surface area (Å²) in [6.07, 6.45) is 1.84. The molecule has 0 radical (unpaired) electrons. The number of hydrogen-bond acceptors (Lipinski definition) is 5. The zero-order valence-electron chi connectivity index (χ0n) is 22.2. The maximum absolute atomic E-state index is 13.5. The van der Waals surface area contributed by atoms with Gasteiger partial charge in [0.05, 0.1) is 5.54 Å². The fourth-order valence-electron chi connectivity index (χ4n) is 6.41. The van der Waals surface area contributed by atoms with E-state index in [2.05, 4.69) is 41.3 Å². The number of hydrogen-bond donors (Lipinski definition) is 0. The van der Waals surface area contributed by atoms with E-state index in [1.54, 1.807) is 20.8 Å². The summed E-state index contributed by atoms with van der Waals surface area (Å²) in [5.41, 5.74) is -0.921. The molecule has 2 unspecified atom stereocenters. The highest BCUT2D eigenvalue weighted by molar-refractivity contribution is 5.86. The van der Waals surface area contributed by atoms with Gasteiger partial charge in [-0.15, -0.1) is 0 Å². The van der Waals surface area contributed by atoms with Crippen LogP contribution in [0, 0.1) is 0 Å². The van der Waals surface area contributed by atoms with E-state index in [1.807, 2.05) is 54.6 Å². The van der Waals surface area contributed by atoms with Crippen LogP contribution in [0.3, 0.4) is 0 Å². The van der Waals surface area contributed by atoms with Crippen molar-refractivity contribution in [2.45, 2.75) is 55.8 Å². The summed E-state index contributed by atoms with van der Waals surface area (Å²) >= 11 is 0. The maximum Gasteiger partial charge on any atom is 0.412 e. The third-order valence-electron chi connectivity index (χ3n) is 7.87. The summed E-state index contributed by atoms with van der Waals surface area (Å²) < 4.78 is 5.74. The van der Waals surface area contributed by atoms with Crippen LogP contribution in [0.5, 0.6) is 0 Å². The fraction of sp³-hybridized carbons (Fsp3) is 0.344. The number of benzene rings is 3. The van der Waals surface area contributed by atoms with Crippen molar-refractivity contribution < 1.29 is 19.1 Å². The number of amides is 1. The largest absolute Gasteiger partial charge is 0.444 e. The first kappa shape index (κ1) is 25.9. The van der Waals surface area contributed by atoms with E-state index < -0.39 is 28.3 Å². The van der Waals surface area contributed by atoms with Gasteiger partial charge in [-0.1, -0.05) is 91.0 Å². The molecule has 0 aromatic heterocycles. The predicted molar refractivity (Wildman–Crippen MR) is 146 cm³/mol. The molecule has 3 aromatic rings. The van der Waals surface area contributed by atoms with Gasteiger partial charge in [-0.05, 0) is 50.3 Å². The van der Waals surface area contributed by atoms with E-state index >= 15 is 0 Å². The van der Waals surface area contributed by atoms with Crippen molar-refractivity contribution in [2.24, 2.45) is 0 Å². The highest BCUT2D eigenvalue weighted by Crippen LogP contribution is 2.51. The summed E-state index contributed by atoms with van der Waals surface area (Å²) in [7, 11) is 0. The molecule has 2 aliphatic rings. The van der Waals surface area contributed by atoms with Crippen molar-refractivity contribution >= 4 is 18.7 Å².